The smallest absolute Gasteiger partial charge is 0.316 e. The van der Waals surface area contributed by atoms with Gasteiger partial charge in [-0.25, -0.2) is 12.7 Å². The lowest BCUT2D eigenvalue weighted by Crippen LogP contribution is -2.44. The number of nitrogens with zero attached hydrogens (tertiary/aromatic N) is 3. The summed E-state index contributed by atoms with van der Waals surface area (Å²) in [6, 6.07) is 4.82. The molecule has 1 N–H and O–H groups in total. The third-order valence-corrected chi connectivity index (χ3v) is 9.14. The summed E-state index contributed by atoms with van der Waals surface area (Å²) in [4.78, 5) is 23.9. The maximum atomic E-state index is 13.0. The number of carbonyl (C=O) groups is 2. The van der Waals surface area contributed by atoms with Gasteiger partial charge in [-0.2, -0.15) is 0 Å². The van der Waals surface area contributed by atoms with Crippen LogP contribution in [0.1, 0.15) is 18.4 Å². The molecule has 1 atom stereocenters. The molecule has 32 heavy (non-hydrogen) atoms. The standard InChI is InChI=1S/C18H20Cl2N4O5S3/c1-29-15(25)9-30-18-23-22-17(31-18)21-16(26)11-4-3-7-24(8-11)32(27,28)10-12-13(19)5-2-6-14(12)20/h2,5-6,11H,3-4,7-10H2,1H3,(H,21,22,26). The summed E-state index contributed by atoms with van der Waals surface area (Å²) in [5.41, 5.74) is 0.341. The van der Waals surface area contributed by atoms with Crippen molar-refractivity contribution in [3.8, 4) is 0 Å². The maximum Gasteiger partial charge on any atom is 0.316 e. The molecule has 1 unspecified atom stereocenters. The summed E-state index contributed by atoms with van der Waals surface area (Å²) in [6.07, 6.45) is 1.09. The molecule has 3 rings (SSSR count). The van der Waals surface area contributed by atoms with Gasteiger partial charge < -0.3 is 10.1 Å². The van der Waals surface area contributed by atoms with E-state index in [1.165, 1.54) is 11.4 Å². The first-order valence-corrected chi connectivity index (χ1v) is 13.6. The number of nitrogens with one attached hydrogen (secondary N) is 1. The van der Waals surface area contributed by atoms with Gasteiger partial charge in [-0.3, -0.25) is 9.59 Å². The van der Waals surface area contributed by atoms with Gasteiger partial charge in [-0.05, 0) is 25.0 Å². The van der Waals surface area contributed by atoms with Gasteiger partial charge in [0.15, 0.2) is 4.34 Å². The molecule has 1 aromatic heterocycles. The molecule has 0 spiro atoms. The molecule has 1 fully saturated rings. The SMILES string of the molecule is COC(=O)CSc1nnc(NC(=O)C2CCCN(S(=O)(=O)Cc3c(Cl)cccc3Cl)C2)s1. The van der Waals surface area contributed by atoms with E-state index >= 15 is 0 Å². The lowest BCUT2D eigenvalue weighted by atomic mass is 9.99. The molecule has 2 aromatic rings. The van der Waals surface area contributed by atoms with Crippen molar-refractivity contribution in [2.75, 3.05) is 31.3 Å². The number of hydrogen-bond donors (Lipinski definition) is 1. The van der Waals surface area contributed by atoms with E-state index in [9.17, 15) is 18.0 Å². The molecule has 9 nitrogen and oxygen atoms in total. The monoisotopic (exact) mass is 538 g/mol. The van der Waals surface area contributed by atoms with Crippen molar-refractivity contribution >= 4 is 73.3 Å². The number of ether oxygens (including phenoxy) is 1. The van der Waals surface area contributed by atoms with Crippen LogP contribution in [0.5, 0.6) is 0 Å². The molecular formula is C18H20Cl2N4O5S3. The van der Waals surface area contributed by atoms with E-state index in [0.717, 1.165) is 23.1 Å². The fourth-order valence-electron chi connectivity index (χ4n) is 3.06. The highest BCUT2D eigenvalue weighted by Gasteiger charge is 2.33. The molecule has 0 radical (unpaired) electrons. The zero-order valence-corrected chi connectivity index (χ0v) is 20.9. The number of carbonyl (C=O) groups excluding carboxylic acids is 2. The van der Waals surface area contributed by atoms with Crippen LogP contribution < -0.4 is 5.32 Å². The summed E-state index contributed by atoms with van der Waals surface area (Å²) >= 11 is 14.5. The van der Waals surface area contributed by atoms with E-state index in [-0.39, 0.29) is 39.1 Å². The lowest BCUT2D eigenvalue weighted by molar-refractivity contribution is -0.137. The van der Waals surface area contributed by atoms with E-state index in [0.29, 0.717) is 29.3 Å². The van der Waals surface area contributed by atoms with Crippen molar-refractivity contribution in [1.29, 1.82) is 0 Å². The van der Waals surface area contributed by atoms with Gasteiger partial charge in [0.1, 0.15) is 0 Å². The second-order valence-corrected chi connectivity index (χ2v) is 11.9. The van der Waals surface area contributed by atoms with Gasteiger partial charge in [-0.1, -0.05) is 52.4 Å². The zero-order chi connectivity index (χ0) is 23.3. The van der Waals surface area contributed by atoms with Gasteiger partial charge >= 0.3 is 5.97 Å². The number of sulfonamides is 1. The van der Waals surface area contributed by atoms with Crippen LogP contribution in [0, 0.1) is 5.92 Å². The Hall–Kier alpha value is -1.44. The van der Waals surface area contributed by atoms with Gasteiger partial charge in [0.05, 0.1) is 24.5 Å². The van der Waals surface area contributed by atoms with Crippen LogP contribution in [-0.2, 0) is 30.1 Å². The number of rotatable bonds is 8. The summed E-state index contributed by atoms with van der Waals surface area (Å²) < 4.78 is 32.3. The Labute approximate surface area is 203 Å². The van der Waals surface area contributed by atoms with E-state index in [4.69, 9.17) is 23.2 Å². The molecule has 0 bridgehead atoms. The van der Waals surface area contributed by atoms with Crippen LogP contribution in [0.3, 0.4) is 0 Å². The van der Waals surface area contributed by atoms with Crippen LogP contribution in [0.15, 0.2) is 22.5 Å². The Kier molecular flexibility index (Phi) is 8.75. The fourth-order valence-corrected chi connectivity index (χ4v) is 7.01. The number of anilines is 1. The van der Waals surface area contributed by atoms with Crippen molar-refractivity contribution < 1.29 is 22.7 Å². The third kappa shape index (κ3) is 6.55. The molecule has 14 heteroatoms. The molecule has 1 aliphatic rings. The highest BCUT2D eigenvalue weighted by molar-refractivity contribution is 8.01. The van der Waals surface area contributed by atoms with E-state index < -0.39 is 21.9 Å². The molecule has 1 aliphatic heterocycles. The molecule has 1 aromatic carbocycles. The quantitative estimate of drug-likeness (QED) is 0.309. The predicted molar refractivity (Wildman–Crippen MR) is 125 cm³/mol. The highest BCUT2D eigenvalue weighted by atomic mass is 35.5. The number of aromatic nitrogens is 2. The largest absolute Gasteiger partial charge is 0.468 e. The number of halogens is 2. The Morgan fingerprint density at radius 1 is 1.31 bits per heavy atom. The average molecular weight is 539 g/mol. The summed E-state index contributed by atoms with van der Waals surface area (Å²) in [6.45, 7) is 0.375. The summed E-state index contributed by atoms with van der Waals surface area (Å²) in [7, 11) is -2.43. The predicted octanol–water partition coefficient (Wildman–Crippen LogP) is 3.29. The van der Waals surface area contributed by atoms with Crippen molar-refractivity contribution in [1.82, 2.24) is 14.5 Å². The topological polar surface area (TPSA) is 119 Å². The summed E-state index contributed by atoms with van der Waals surface area (Å²) in [5.74, 6) is -1.50. The second-order valence-electron chi connectivity index (χ2n) is 6.88. The van der Waals surface area contributed by atoms with Gasteiger partial charge in [0.25, 0.3) is 0 Å². The van der Waals surface area contributed by atoms with Gasteiger partial charge in [0.2, 0.25) is 21.1 Å². The van der Waals surface area contributed by atoms with Gasteiger partial charge in [-0.15, -0.1) is 10.2 Å². The number of thioether (sulfide) groups is 1. The number of benzene rings is 1. The first-order valence-electron chi connectivity index (χ1n) is 9.44. The van der Waals surface area contributed by atoms with Crippen molar-refractivity contribution in [3.05, 3.63) is 33.8 Å². The van der Waals surface area contributed by atoms with E-state index in [1.807, 2.05) is 0 Å². The van der Waals surface area contributed by atoms with Crippen LogP contribution in [0.2, 0.25) is 10.0 Å². The van der Waals surface area contributed by atoms with Crippen LogP contribution in [0.4, 0.5) is 5.13 Å². The van der Waals surface area contributed by atoms with Crippen molar-refractivity contribution in [2.24, 2.45) is 5.92 Å². The zero-order valence-electron chi connectivity index (χ0n) is 16.9. The third-order valence-electron chi connectivity index (χ3n) is 4.71. The molecule has 0 saturated carbocycles. The molecule has 0 aliphatic carbocycles. The van der Waals surface area contributed by atoms with Gasteiger partial charge in [0, 0.05) is 28.7 Å². The first-order chi connectivity index (χ1) is 15.2. The Morgan fingerprint density at radius 2 is 2.03 bits per heavy atom. The average Bonchev–Trinajstić information content (AvgIpc) is 3.22. The minimum Gasteiger partial charge on any atom is -0.468 e. The summed E-state index contributed by atoms with van der Waals surface area (Å²) in [5, 5.41) is 11.3. The van der Waals surface area contributed by atoms with E-state index in [2.05, 4.69) is 20.3 Å². The number of methoxy groups -OCH3 is 1. The van der Waals surface area contributed by atoms with Crippen LogP contribution >= 0.6 is 46.3 Å². The molecule has 2 heterocycles. The Balaban J connectivity index is 1.61. The normalized spacial score (nSPS) is 17.2. The maximum absolute atomic E-state index is 13.0. The fraction of sp³-hybridized carbons (Fsp3) is 0.444. The van der Waals surface area contributed by atoms with E-state index in [1.54, 1.807) is 18.2 Å². The van der Waals surface area contributed by atoms with Crippen molar-refractivity contribution in [3.63, 3.8) is 0 Å². The lowest BCUT2D eigenvalue weighted by Gasteiger charge is -2.31. The minimum atomic E-state index is -3.72. The van der Waals surface area contributed by atoms with Crippen LogP contribution in [0.25, 0.3) is 0 Å². The molecular weight excluding hydrogens is 519 g/mol. The Bertz CT molecular complexity index is 1080. The number of hydrogen-bond acceptors (Lipinski definition) is 9. The van der Waals surface area contributed by atoms with Crippen LogP contribution in [-0.4, -0.2) is 60.7 Å². The van der Waals surface area contributed by atoms with Crippen molar-refractivity contribution in [2.45, 2.75) is 22.9 Å². The molecule has 174 valence electrons. The first kappa shape index (κ1) is 25.2. The number of amides is 1. The highest BCUT2D eigenvalue weighted by Crippen LogP contribution is 2.30. The number of esters is 1. The molecule has 1 saturated heterocycles. The second kappa shape index (κ2) is 11.1. The number of piperidine rings is 1. The minimum absolute atomic E-state index is 0.0546. The Morgan fingerprint density at radius 3 is 2.72 bits per heavy atom. The molecule has 1 amide bonds.